The summed E-state index contributed by atoms with van der Waals surface area (Å²) in [5.41, 5.74) is 0. The molecule has 0 heterocycles. The first-order chi connectivity index (χ1) is 5.18. The molecule has 64 valence electrons. The lowest BCUT2D eigenvalue weighted by molar-refractivity contribution is -0.128. The standard InChI is InChI=1S/C8H16N2O/c1-4-6-9-7-5-8(11)10(2)3/h4,9H,1,5-7H2,2-3H3. The Bertz CT molecular complexity index is 132. The van der Waals surface area contributed by atoms with E-state index in [0.717, 1.165) is 13.1 Å². The van der Waals surface area contributed by atoms with Crippen LogP contribution in [0.4, 0.5) is 0 Å². The molecule has 0 saturated heterocycles. The molecular weight excluding hydrogens is 140 g/mol. The van der Waals surface area contributed by atoms with Gasteiger partial charge >= 0.3 is 0 Å². The largest absolute Gasteiger partial charge is 0.349 e. The predicted molar refractivity (Wildman–Crippen MR) is 46.4 cm³/mol. The molecule has 0 aliphatic carbocycles. The normalized spacial score (nSPS) is 9.27. The average Bonchev–Trinajstić information content (AvgIpc) is 1.97. The van der Waals surface area contributed by atoms with Crippen LogP contribution in [0, 0.1) is 0 Å². The molecule has 0 bridgehead atoms. The van der Waals surface area contributed by atoms with Crippen molar-refractivity contribution in [3.8, 4) is 0 Å². The van der Waals surface area contributed by atoms with E-state index in [2.05, 4.69) is 11.9 Å². The molecule has 0 aromatic heterocycles. The van der Waals surface area contributed by atoms with E-state index in [1.807, 2.05) is 0 Å². The van der Waals surface area contributed by atoms with Crippen LogP contribution < -0.4 is 5.32 Å². The number of nitrogens with one attached hydrogen (secondary N) is 1. The van der Waals surface area contributed by atoms with Gasteiger partial charge in [0.05, 0.1) is 0 Å². The van der Waals surface area contributed by atoms with Gasteiger partial charge in [-0.25, -0.2) is 0 Å². The summed E-state index contributed by atoms with van der Waals surface area (Å²) in [4.78, 5) is 12.6. The zero-order valence-electron chi connectivity index (χ0n) is 7.26. The van der Waals surface area contributed by atoms with Crippen LogP contribution in [-0.4, -0.2) is 38.0 Å². The smallest absolute Gasteiger partial charge is 0.223 e. The number of amides is 1. The van der Waals surface area contributed by atoms with Crippen molar-refractivity contribution in [3.05, 3.63) is 12.7 Å². The van der Waals surface area contributed by atoms with E-state index in [4.69, 9.17) is 0 Å². The van der Waals surface area contributed by atoms with Gasteiger partial charge in [0.2, 0.25) is 5.91 Å². The molecule has 0 aromatic carbocycles. The Morgan fingerprint density at radius 2 is 2.27 bits per heavy atom. The quantitative estimate of drug-likeness (QED) is 0.457. The van der Waals surface area contributed by atoms with E-state index in [0.29, 0.717) is 6.42 Å². The van der Waals surface area contributed by atoms with Gasteiger partial charge in [-0.1, -0.05) is 6.08 Å². The molecule has 0 unspecified atom stereocenters. The first-order valence-electron chi connectivity index (χ1n) is 3.70. The van der Waals surface area contributed by atoms with Crippen molar-refractivity contribution in [3.63, 3.8) is 0 Å². The molecule has 0 rings (SSSR count). The van der Waals surface area contributed by atoms with E-state index in [-0.39, 0.29) is 5.91 Å². The molecule has 0 atom stereocenters. The summed E-state index contributed by atoms with van der Waals surface area (Å²) in [6, 6.07) is 0. The molecule has 0 fully saturated rings. The van der Waals surface area contributed by atoms with Crippen molar-refractivity contribution in [2.24, 2.45) is 0 Å². The van der Waals surface area contributed by atoms with Crippen LogP contribution in [0.3, 0.4) is 0 Å². The Morgan fingerprint density at radius 3 is 2.73 bits per heavy atom. The summed E-state index contributed by atoms with van der Waals surface area (Å²) in [5.74, 6) is 0.154. The van der Waals surface area contributed by atoms with Crippen LogP contribution in [0.1, 0.15) is 6.42 Å². The summed E-state index contributed by atoms with van der Waals surface area (Å²) in [5, 5.41) is 3.06. The van der Waals surface area contributed by atoms with Crippen molar-refractivity contribution in [2.75, 3.05) is 27.2 Å². The highest BCUT2D eigenvalue weighted by Gasteiger charge is 2.00. The number of rotatable bonds is 5. The third-order valence-corrected chi connectivity index (χ3v) is 1.30. The summed E-state index contributed by atoms with van der Waals surface area (Å²) < 4.78 is 0. The van der Waals surface area contributed by atoms with Crippen molar-refractivity contribution in [1.29, 1.82) is 0 Å². The second-order valence-corrected chi connectivity index (χ2v) is 2.53. The van der Waals surface area contributed by atoms with Crippen molar-refractivity contribution in [2.45, 2.75) is 6.42 Å². The Labute approximate surface area is 68.1 Å². The van der Waals surface area contributed by atoms with Crippen molar-refractivity contribution in [1.82, 2.24) is 10.2 Å². The summed E-state index contributed by atoms with van der Waals surface area (Å²) in [6.07, 6.45) is 2.33. The molecule has 0 aromatic rings. The molecule has 3 nitrogen and oxygen atoms in total. The lowest BCUT2D eigenvalue weighted by Gasteiger charge is -2.09. The summed E-state index contributed by atoms with van der Waals surface area (Å²) in [6.45, 7) is 5.04. The van der Waals surface area contributed by atoms with Gasteiger partial charge in [-0.3, -0.25) is 4.79 Å². The molecule has 0 aliphatic heterocycles. The highest BCUT2D eigenvalue weighted by atomic mass is 16.2. The first kappa shape index (κ1) is 10.2. The third kappa shape index (κ3) is 5.61. The van der Waals surface area contributed by atoms with Gasteiger partial charge in [0.15, 0.2) is 0 Å². The van der Waals surface area contributed by atoms with E-state index in [1.54, 1.807) is 25.1 Å². The van der Waals surface area contributed by atoms with Crippen molar-refractivity contribution >= 4 is 5.91 Å². The van der Waals surface area contributed by atoms with E-state index >= 15 is 0 Å². The second kappa shape index (κ2) is 5.92. The van der Waals surface area contributed by atoms with Crippen LogP contribution in [-0.2, 0) is 4.79 Å². The minimum absolute atomic E-state index is 0.154. The van der Waals surface area contributed by atoms with E-state index in [1.165, 1.54) is 0 Å². The van der Waals surface area contributed by atoms with Gasteiger partial charge in [-0.05, 0) is 0 Å². The van der Waals surface area contributed by atoms with Gasteiger partial charge in [-0.15, -0.1) is 6.58 Å². The summed E-state index contributed by atoms with van der Waals surface area (Å²) >= 11 is 0. The fraction of sp³-hybridized carbons (Fsp3) is 0.625. The van der Waals surface area contributed by atoms with E-state index < -0.39 is 0 Å². The van der Waals surface area contributed by atoms with Gasteiger partial charge in [-0.2, -0.15) is 0 Å². The Kier molecular flexibility index (Phi) is 5.47. The number of carbonyl (C=O) groups is 1. The van der Waals surface area contributed by atoms with Crippen LogP contribution in [0.15, 0.2) is 12.7 Å². The van der Waals surface area contributed by atoms with Gasteiger partial charge in [0, 0.05) is 33.6 Å². The van der Waals surface area contributed by atoms with Gasteiger partial charge in [0.25, 0.3) is 0 Å². The topological polar surface area (TPSA) is 32.3 Å². The maximum absolute atomic E-state index is 11.0. The van der Waals surface area contributed by atoms with Crippen LogP contribution in [0.25, 0.3) is 0 Å². The zero-order valence-corrected chi connectivity index (χ0v) is 7.26. The minimum Gasteiger partial charge on any atom is -0.349 e. The predicted octanol–water partition coefficient (Wildman–Crippen LogP) is 0.240. The molecule has 0 spiro atoms. The Hall–Kier alpha value is -0.830. The second-order valence-electron chi connectivity index (χ2n) is 2.53. The molecule has 1 N–H and O–H groups in total. The maximum Gasteiger partial charge on any atom is 0.223 e. The van der Waals surface area contributed by atoms with Crippen LogP contribution in [0.5, 0.6) is 0 Å². The molecule has 3 heteroatoms. The monoisotopic (exact) mass is 156 g/mol. The molecule has 0 saturated carbocycles. The SMILES string of the molecule is C=CCNCCC(=O)N(C)C. The maximum atomic E-state index is 11.0. The van der Waals surface area contributed by atoms with Crippen LogP contribution >= 0.6 is 0 Å². The molecule has 0 aliphatic rings. The van der Waals surface area contributed by atoms with Gasteiger partial charge < -0.3 is 10.2 Å². The lowest BCUT2D eigenvalue weighted by Crippen LogP contribution is -2.26. The number of carbonyl (C=O) groups excluding carboxylic acids is 1. The minimum atomic E-state index is 0.154. The number of hydrogen-bond donors (Lipinski definition) is 1. The fourth-order valence-corrected chi connectivity index (χ4v) is 0.623. The molecule has 0 radical (unpaired) electrons. The zero-order chi connectivity index (χ0) is 8.69. The Balaban J connectivity index is 3.24. The number of nitrogens with zero attached hydrogens (tertiary/aromatic N) is 1. The van der Waals surface area contributed by atoms with Crippen LogP contribution in [0.2, 0.25) is 0 Å². The lowest BCUT2D eigenvalue weighted by atomic mass is 10.4. The summed E-state index contributed by atoms with van der Waals surface area (Å²) in [7, 11) is 3.52. The highest BCUT2D eigenvalue weighted by molar-refractivity contribution is 5.75. The number of hydrogen-bond acceptors (Lipinski definition) is 2. The van der Waals surface area contributed by atoms with Crippen molar-refractivity contribution < 1.29 is 4.79 Å². The van der Waals surface area contributed by atoms with E-state index in [9.17, 15) is 4.79 Å². The average molecular weight is 156 g/mol. The molecule has 11 heavy (non-hydrogen) atoms. The first-order valence-corrected chi connectivity index (χ1v) is 3.70. The Morgan fingerprint density at radius 1 is 1.64 bits per heavy atom. The molecule has 1 amide bonds. The highest BCUT2D eigenvalue weighted by Crippen LogP contribution is 1.83. The third-order valence-electron chi connectivity index (χ3n) is 1.30. The van der Waals surface area contributed by atoms with Gasteiger partial charge in [0.1, 0.15) is 0 Å². The fourth-order valence-electron chi connectivity index (χ4n) is 0.623. The molecular formula is C8H16N2O.